The molecule has 0 bridgehead atoms. The van der Waals surface area contributed by atoms with E-state index in [2.05, 4.69) is 5.32 Å². The highest BCUT2D eigenvalue weighted by Gasteiger charge is 2.14. The van der Waals surface area contributed by atoms with Gasteiger partial charge in [0.2, 0.25) is 0 Å². The van der Waals surface area contributed by atoms with Crippen LogP contribution in [0.15, 0.2) is 40.8 Å². The average Bonchev–Trinajstić information content (AvgIpc) is 2.85. The van der Waals surface area contributed by atoms with Crippen molar-refractivity contribution < 1.29 is 9.21 Å². The van der Waals surface area contributed by atoms with Gasteiger partial charge in [0.05, 0.1) is 6.04 Å². The number of nitrogens with zero attached hydrogens (tertiary/aromatic N) is 1. The SMILES string of the molecule is Cc1ccc(C(C)NC(=O)c2ccc(N(C)C)cc2)o1. The molecule has 0 radical (unpaired) electrons. The zero-order valence-corrected chi connectivity index (χ0v) is 12.3. The highest BCUT2D eigenvalue weighted by Crippen LogP contribution is 2.17. The number of carbonyl (C=O) groups is 1. The van der Waals surface area contributed by atoms with E-state index >= 15 is 0 Å². The molecule has 0 aliphatic rings. The predicted molar refractivity (Wildman–Crippen MR) is 80.1 cm³/mol. The summed E-state index contributed by atoms with van der Waals surface area (Å²) >= 11 is 0. The first kappa shape index (κ1) is 14.2. The van der Waals surface area contributed by atoms with Crippen molar-refractivity contribution in [3.05, 3.63) is 53.5 Å². The molecular formula is C16H20N2O2. The maximum Gasteiger partial charge on any atom is 0.251 e. The van der Waals surface area contributed by atoms with Gasteiger partial charge in [0, 0.05) is 25.3 Å². The molecule has 0 fully saturated rings. The van der Waals surface area contributed by atoms with Crippen LogP contribution in [0.4, 0.5) is 5.69 Å². The maximum absolute atomic E-state index is 12.1. The summed E-state index contributed by atoms with van der Waals surface area (Å²) in [7, 11) is 3.94. The maximum atomic E-state index is 12.1. The van der Waals surface area contributed by atoms with Crippen molar-refractivity contribution in [2.75, 3.05) is 19.0 Å². The summed E-state index contributed by atoms with van der Waals surface area (Å²) in [4.78, 5) is 14.1. The minimum absolute atomic E-state index is 0.100. The minimum Gasteiger partial charge on any atom is -0.464 e. The van der Waals surface area contributed by atoms with Gasteiger partial charge in [-0.1, -0.05) is 0 Å². The molecule has 1 atom stereocenters. The monoisotopic (exact) mass is 272 g/mol. The molecule has 106 valence electrons. The van der Waals surface area contributed by atoms with E-state index < -0.39 is 0 Å². The van der Waals surface area contributed by atoms with Crippen molar-refractivity contribution in [3.63, 3.8) is 0 Å². The first-order valence-corrected chi connectivity index (χ1v) is 6.62. The standard InChI is InChI=1S/C16H20N2O2/c1-11-5-10-15(20-11)12(2)17-16(19)13-6-8-14(9-7-13)18(3)4/h5-10,12H,1-4H3,(H,17,19). The van der Waals surface area contributed by atoms with E-state index in [0.717, 1.165) is 17.2 Å². The lowest BCUT2D eigenvalue weighted by Crippen LogP contribution is -2.26. The first-order chi connectivity index (χ1) is 9.47. The summed E-state index contributed by atoms with van der Waals surface area (Å²) in [5.74, 6) is 1.51. The van der Waals surface area contributed by atoms with Crippen LogP contribution >= 0.6 is 0 Å². The zero-order chi connectivity index (χ0) is 14.7. The number of carbonyl (C=O) groups excluding carboxylic acids is 1. The molecule has 2 rings (SSSR count). The summed E-state index contributed by atoms with van der Waals surface area (Å²) in [6.07, 6.45) is 0. The van der Waals surface area contributed by atoms with Crippen molar-refractivity contribution >= 4 is 11.6 Å². The normalized spacial score (nSPS) is 12.0. The predicted octanol–water partition coefficient (Wildman–Crippen LogP) is 3.15. The number of aryl methyl sites for hydroxylation is 1. The number of amides is 1. The van der Waals surface area contributed by atoms with Gasteiger partial charge in [-0.25, -0.2) is 0 Å². The van der Waals surface area contributed by atoms with Crippen molar-refractivity contribution in [1.82, 2.24) is 5.32 Å². The first-order valence-electron chi connectivity index (χ1n) is 6.62. The summed E-state index contributed by atoms with van der Waals surface area (Å²) in [6, 6.07) is 11.1. The smallest absolute Gasteiger partial charge is 0.251 e. The molecule has 1 heterocycles. The van der Waals surface area contributed by atoms with Crippen molar-refractivity contribution in [2.24, 2.45) is 0 Å². The average molecular weight is 272 g/mol. The fourth-order valence-electron chi connectivity index (χ4n) is 1.95. The van der Waals surface area contributed by atoms with Crippen LogP contribution in [0.25, 0.3) is 0 Å². The second-order valence-corrected chi connectivity index (χ2v) is 5.08. The summed E-state index contributed by atoms with van der Waals surface area (Å²) < 4.78 is 5.51. The van der Waals surface area contributed by atoms with E-state index in [4.69, 9.17) is 4.42 Å². The Balaban J connectivity index is 2.04. The highest BCUT2D eigenvalue weighted by molar-refractivity contribution is 5.94. The van der Waals surface area contributed by atoms with Crippen LogP contribution < -0.4 is 10.2 Å². The topological polar surface area (TPSA) is 45.5 Å². The Morgan fingerprint density at radius 3 is 2.30 bits per heavy atom. The van der Waals surface area contributed by atoms with Crippen LogP contribution in [0.5, 0.6) is 0 Å². The molecule has 2 aromatic rings. The number of furan rings is 1. The Morgan fingerprint density at radius 1 is 1.15 bits per heavy atom. The number of nitrogens with one attached hydrogen (secondary N) is 1. The van der Waals surface area contributed by atoms with Gasteiger partial charge in [-0.3, -0.25) is 4.79 Å². The lowest BCUT2D eigenvalue weighted by atomic mass is 10.1. The fraction of sp³-hybridized carbons (Fsp3) is 0.312. The van der Waals surface area contributed by atoms with Crippen LogP contribution in [0.1, 0.15) is 34.8 Å². The fourth-order valence-corrected chi connectivity index (χ4v) is 1.95. The third-order valence-electron chi connectivity index (χ3n) is 3.18. The molecule has 1 aromatic carbocycles. The molecule has 1 unspecified atom stereocenters. The number of hydrogen-bond donors (Lipinski definition) is 1. The van der Waals surface area contributed by atoms with Crippen molar-refractivity contribution in [3.8, 4) is 0 Å². The lowest BCUT2D eigenvalue weighted by molar-refractivity contribution is 0.0935. The second-order valence-electron chi connectivity index (χ2n) is 5.08. The van der Waals surface area contributed by atoms with Crippen LogP contribution in [0.2, 0.25) is 0 Å². The van der Waals surface area contributed by atoms with Crippen molar-refractivity contribution in [2.45, 2.75) is 19.9 Å². The van der Waals surface area contributed by atoms with Crippen LogP contribution in [-0.4, -0.2) is 20.0 Å². The molecule has 0 aliphatic heterocycles. The molecule has 20 heavy (non-hydrogen) atoms. The number of anilines is 1. The van der Waals surface area contributed by atoms with Crippen LogP contribution in [-0.2, 0) is 0 Å². The molecule has 1 N–H and O–H groups in total. The Kier molecular flexibility index (Phi) is 4.13. The van der Waals surface area contributed by atoms with Gasteiger partial charge in [0.15, 0.2) is 0 Å². The zero-order valence-electron chi connectivity index (χ0n) is 12.3. The van der Waals surface area contributed by atoms with Crippen LogP contribution in [0, 0.1) is 6.92 Å². The summed E-state index contributed by atoms with van der Waals surface area (Å²) in [5, 5.41) is 2.93. The largest absolute Gasteiger partial charge is 0.464 e. The van der Waals surface area contributed by atoms with E-state index in [1.54, 1.807) is 0 Å². The molecule has 0 saturated carbocycles. The van der Waals surface area contributed by atoms with Gasteiger partial charge >= 0.3 is 0 Å². The molecule has 4 nitrogen and oxygen atoms in total. The van der Waals surface area contributed by atoms with E-state index in [9.17, 15) is 4.79 Å². The van der Waals surface area contributed by atoms with Crippen molar-refractivity contribution in [1.29, 1.82) is 0 Å². The molecule has 1 aromatic heterocycles. The van der Waals surface area contributed by atoms with Gasteiger partial charge in [0.1, 0.15) is 11.5 Å². The van der Waals surface area contributed by atoms with E-state index in [1.807, 2.05) is 69.2 Å². The van der Waals surface area contributed by atoms with Gasteiger partial charge < -0.3 is 14.6 Å². The molecule has 1 amide bonds. The molecular weight excluding hydrogens is 252 g/mol. The molecule has 0 aliphatic carbocycles. The lowest BCUT2D eigenvalue weighted by Gasteiger charge is -2.14. The van der Waals surface area contributed by atoms with Gasteiger partial charge in [-0.15, -0.1) is 0 Å². The highest BCUT2D eigenvalue weighted by atomic mass is 16.3. The minimum atomic E-state index is -0.148. The number of rotatable bonds is 4. The Bertz CT molecular complexity index is 585. The third kappa shape index (κ3) is 3.20. The Labute approximate surface area is 119 Å². The second kappa shape index (κ2) is 5.82. The number of benzene rings is 1. The van der Waals surface area contributed by atoms with E-state index in [0.29, 0.717) is 5.56 Å². The molecule has 0 spiro atoms. The van der Waals surface area contributed by atoms with Gasteiger partial charge in [-0.05, 0) is 50.2 Å². The summed E-state index contributed by atoms with van der Waals surface area (Å²) in [6.45, 7) is 3.79. The molecule has 0 saturated heterocycles. The molecule has 4 heteroatoms. The van der Waals surface area contributed by atoms with Crippen LogP contribution in [0.3, 0.4) is 0 Å². The number of hydrogen-bond acceptors (Lipinski definition) is 3. The van der Waals surface area contributed by atoms with E-state index in [-0.39, 0.29) is 11.9 Å². The third-order valence-corrected chi connectivity index (χ3v) is 3.18. The van der Waals surface area contributed by atoms with Gasteiger partial charge in [-0.2, -0.15) is 0 Å². The summed E-state index contributed by atoms with van der Waals surface area (Å²) in [5.41, 5.74) is 1.71. The Hall–Kier alpha value is -2.23. The quantitative estimate of drug-likeness (QED) is 0.930. The van der Waals surface area contributed by atoms with Gasteiger partial charge in [0.25, 0.3) is 5.91 Å². The Morgan fingerprint density at radius 2 is 1.80 bits per heavy atom. The van der Waals surface area contributed by atoms with E-state index in [1.165, 1.54) is 0 Å².